The third kappa shape index (κ3) is 9.11. The van der Waals surface area contributed by atoms with E-state index in [2.05, 4.69) is 144 Å². The summed E-state index contributed by atoms with van der Waals surface area (Å²) in [5, 5.41) is 0. The predicted octanol–water partition coefficient (Wildman–Crippen LogP) is 8.35. The van der Waals surface area contributed by atoms with E-state index in [1.54, 1.807) is 6.08 Å². The Morgan fingerprint density at radius 1 is 0.750 bits per heavy atom. The van der Waals surface area contributed by atoms with E-state index < -0.39 is 39.9 Å². The molecule has 2 aromatic rings. The SMILES string of the molecule is C=CC(=C)CC[C](=C)[Sb]([O][Sb]([C]1=C=C=C(C=C)C=C1)([c]1ccc(C=C)cc1)[c]1ccc(C=C)cc1)/[C](C)=C/C=C(\C)C=C.O. The fourth-order valence-electron chi connectivity index (χ4n) is 4.29. The van der Waals surface area contributed by atoms with Gasteiger partial charge < -0.3 is 5.48 Å². The van der Waals surface area contributed by atoms with Crippen molar-refractivity contribution in [3.63, 3.8) is 0 Å². The van der Waals surface area contributed by atoms with Gasteiger partial charge in [0, 0.05) is 0 Å². The topological polar surface area (TPSA) is 40.7 Å². The smallest absolute Gasteiger partial charge is 0.412 e. The number of hydrogen-bond donors (Lipinski definition) is 0. The molecule has 0 unspecified atom stereocenters. The number of rotatable bonds is 16. The maximum absolute atomic E-state index is 7.85. The molecule has 2 aromatic carbocycles. The van der Waals surface area contributed by atoms with Gasteiger partial charge in [-0.05, 0) is 0 Å². The van der Waals surface area contributed by atoms with E-state index in [1.165, 1.54) is 14.1 Å². The van der Waals surface area contributed by atoms with Crippen LogP contribution in [0.4, 0.5) is 0 Å². The Labute approximate surface area is 277 Å². The summed E-state index contributed by atoms with van der Waals surface area (Å²) in [6.07, 6.45) is 19.4. The van der Waals surface area contributed by atoms with Gasteiger partial charge in [-0.2, -0.15) is 0 Å². The summed E-state index contributed by atoms with van der Waals surface area (Å²) in [4.78, 5) is 0. The number of hydrogen-bond acceptors (Lipinski definition) is 1. The standard InChI is InChI=1S/2C8H7.C8H5.2C8H11.H2O.O.2Sb/c3*1-2-8-6-4-3-5-7-8;2*1-4-6-7-8(3)5-2;;;;/h2*2,4-7H,1H2;2,4,6H,1H2;5-7H,2H2,1,3H3;5H,1-3,6-7H2;1H2;;;/b;;;6-4?,8-7+;;;;;. The summed E-state index contributed by atoms with van der Waals surface area (Å²) >= 11 is -6.94. The first kappa shape index (κ1) is 36.9. The predicted molar refractivity (Wildman–Crippen MR) is 197 cm³/mol. The first-order chi connectivity index (χ1) is 20.7. The molecule has 0 saturated heterocycles. The van der Waals surface area contributed by atoms with Crippen LogP contribution in [0.2, 0.25) is 0 Å². The molecule has 0 amide bonds. The summed E-state index contributed by atoms with van der Waals surface area (Å²) in [5.74, 6) is 0. The molecule has 0 heterocycles. The van der Waals surface area contributed by atoms with Crippen molar-refractivity contribution in [3.05, 3.63) is 187 Å². The molecule has 3 rings (SSSR count). The molecular weight excluding hydrogens is 756 g/mol. The maximum Gasteiger partial charge on any atom is -0.412 e. The third-order valence-electron chi connectivity index (χ3n) is 7.04. The second kappa shape index (κ2) is 17.9. The van der Waals surface area contributed by atoms with Crippen LogP contribution in [0.25, 0.3) is 12.2 Å². The first-order valence-corrected chi connectivity index (χ1v) is 22.6. The van der Waals surface area contributed by atoms with Crippen molar-refractivity contribution >= 4 is 59.0 Å². The molecule has 0 atom stereocenters. The van der Waals surface area contributed by atoms with Gasteiger partial charge in [-0.15, -0.1) is 0 Å². The van der Waals surface area contributed by atoms with Crippen LogP contribution in [0.15, 0.2) is 176 Å². The van der Waals surface area contributed by atoms with Crippen molar-refractivity contribution in [2.24, 2.45) is 0 Å². The van der Waals surface area contributed by atoms with E-state index in [0.29, 0.717) is 0 Å². The van der Waals surface area contributed by atoms with Crippen LogP contribution in [0.5, 0.6) is 0 Å². The van der Waals surface area contributed by atoms with E-state index in [9.17, 15) is 0 Å². The Kier molecular flexibility index (Phi) is 15.0. The fourth-order valence-corrected chi connectivity index (χ4v) is 31.2. The summed E-state index contributed by atoms with van der Waals surface area (Å²) in [6, 6.07) is 17.3. The molecule has 0 bridgehead atoms. The molecule has 0 aromatic heterocycles. The molecule has 0 spiro atoms. The Morgan fingerprint density at radius 3 is 1.75 bits per heavy atom. The van der Waals surface area contributed by atoms with Crippen LogP contribution in [-0.2, 0) is 1.29 Å². The largest absolute Gasteiger partial charge is 0.412 e. The van der Waals surface area contributed by atoms with Gasteiger partial charge in [-0.3, -0.25) is 0 Å². The quantitative estimate of drug-likeness (QED) is 0.0957. The molecule has 4 heteroatoms. The molecule has 1 aliphatic carbocycles. The van der Waals surface area contributed by atoms with Crippen LogP contribution in [0.3, 0.4) is 0 Å². The van der Waals surface area contributed by atoms with Crippen molar-refractivity contribution < 1.29 is 6.77 Å². The van der Waals surface area contributed by atoms with Crippen molar-refractivity contribution in [1.29, 1.82) is 0 Å². The van der Waals surface area contributed by atoms with E-state index in [0.717, 1.165) is 44.2 Å². The second-order valence-corrected chi connectivity index (χ2v) is 26.9. The van der Waals surface area contributed by atoms with Gasteiger partial charge in [0.1, 0.15) is 0 Å². The molecule has 1 aliphatic rings. The van der Waals surface area contributed by atoms with Gasteiger partial charge in [0.15, 0.2) is 0 Å². The zero-order valence-corrected chi connectivity index (χ0v) is 31.1. The van der Waals surface area contributed by atoms with Crippen molar-refractivity contribution in [1.82, 2.24) is 0 Å². The summed E-state index contributed by atoms with van der Waals surface area (Å²) in [6.45, 7) is 32.8. The van der Waals surface area contributed by atoms with Crippen molar-refractivity contribution in [2.45, 2.75) is 26.7 Å². The molecule has 0 fully saturated rings. The zero-order chi connectivity index (χ0) is 31.4. The fraction of sp³-hybridized carbons (Fsp3) is 0.100. The average molecular weight is 799 g/mol. The van der Waals surface area contributed by atoms with Crippen LogP contribution < -0.4 is 7.02 Å². The van der Waals surface area contributed by atoms with Crippen LogP contribution in [0, 0.1) is 0 Å². The third-order valence-corrected chi connectivity index (χ3v) is 29.1. The molecule has 225 valence electrons. The van der Waals surface area contributed by atoms with Gasteiger partial charge in [0.2, 0.25) is 0 Å². The molecule has 2 N–H and O–H groups in total. The first-order valence-electron chi connectivity index (χ1n) is 14.1. The summed E-state index contributed by atoms with van der Waals surface area (Å²) < 4.78 is 13.7. The second-order valence-electron chi connectivity index (χ2n) is 10.1. The maximum atomic E-state index is 7.85. The summed E-state index contributed by atoms with van der Waals surface area (Å²) in [7, 11) is 0. The molecule has 0 saturated carbocycles. The van der Waals surface area contributed by atoms with Gasteiger partial charge in [-0.25, -0.2) is 0 Å². The molecular formula is C40H43O2Sb2. The minimum atomic E-state index is -4.09. The summed E-state index contributed by atoms with van der Waals surface area (Å²) in [5.41, 5.74) is 12.0. The monoisotopic (exact) mass is 797 g/mol. The Bertz CT molecular complexity index is 1580. The normalized spacial score (nSPS) is 12.9. The molecule has 1 radical (unpaired) electrons. The van der Waals surface area contributed by atoms with Crippen molar-refractivity contribution in [2.75, 3.05) is 0 Å². The van der Waals surface area contributed by atoms with Gasteiger partial charge in [-0.1, -0.05) is 0 Å². The van der Waals surface area contributed by atoms with Gasteiger partial charge in [0.05, 0.1) is 0 Å². The van der Waals surface area contributed by atoms with E-state index >= 15 is 0 Å². The molecule has 44 heavy (non-hydrogen) atoms. The minimum Gasteiger partial charge on any atom is -0.412 e. The zero-order valence-electron chi connectivity index (χ0n) is 26.0. The van der Waals surface area contributed by atoms with E-state index in [1.807, 2.05) is 24.3 Å². The van der Waals surface area contributed by atoms with E-state index in [-0.39, 0.29) is 5.48 Å². The van der Waals surface area contributed by atoms with Crippen molar-refractivity contribution in [3.8, 4) is 0 Å². The van der Waals surface area contributed by atoms with Crippen LogP contribution in [0.1, 0.15) is 37.8 Å². The average Bonchev–Trinajstić information content (AvgIpc) is 3.06. The number of allylic oxidation sites excluding steroid dienone is 13. The number of benzene rings is 2. The molecule has 0 aliphatic heterocycles. The Hall–Kier alpha value is -3.30. The Balaban J connectivity index is 0.00000675. The van der Waals surface area contributed by atoms with Gasteiger partial charge in [0.25, 0.3) is 0 Å². The molecule has 2 nitrogen and oxygen atoms in total. The van der Waals surface area contributed by atoms with E-state index in [4.69, 9.17) is 1.29 Å². The minimum absolute atomic E-state index is 0. The van der Waals surface area contributed by atoms with Crippen LogP contribution >= 0.6 is 0 Å². The Morgan fingerprint density at radius 2 is 1.32 bits per heavy atom. The van der Waals surface area contributed by atoms with Crippen LogP contribution in [-0.4, -0.2) is 45.3 Å². The van der Waals surface area contributed by atoms with Gasteiger partial charge >= 0.3 is 274 Å².